The SMILES string of the molecule is CCc1ccccc1NC(=O)CNS(=O)(=O)c1ccc2c(c1)[C@H](C)C(=O)N2. The average Bonchev–Trinajstić information content (AvgIpc) is 2.94. The summed E-state index contributed by atoms with van der Waals surface area (Å²) in [5, 5.41) is 5.42. The van der Waals surface area contributed by atoms with E-state index in [-0.39, 0.29) is 17.3 Å². The molecule has 0 saturated carbocycles. The van der Waals surface area contributed by atoms with Gasteiger partial charge in [0.2, 0.25) is 21.8 Å². The van der Waals surface area contributed by atoms with Crippen LogP contribution in [0.3, 0.4) is 0 Å². The number of carbonyl (C=O) groups excluding carboxylic acids is 2. The lowest BCUT2D eigenvalue weighted by Crippen LogP contribution is -2.33. The van der Waals surface area contributed by atoms with Crippen LogP contribution in [0.1, 0.15) is 30.9 Å². The number of hydrogen-bond acceptors (Lipinski definition) is 4. The first kappa shape index (κ1) is 19.1. The van der Waals surface area contributed by atoms with Crippen molar-refractivity contribution in [3.63, 3.8) is 0 Å². The minimum Gasteiger partial charge on any atom is -0.325 e. The molecular formula is C19H21N3O4S. The Labute approximate surface area is 158 Å². The van der Waals surface area contributed by atoms with Crippen LogP contribution in [-0.4, -0.2) is 26.8 Å². The average molecular weight is 387 g/mol. The number of benzene rings is 2. The molecule has 1 heterocycles. The zero-order valence-corrected chi connectivity index (χ0v) is 15.9. The van der Waals surface area contributed by atoms with Gasteiger partial charge >= 0.3 is 0 Å². The highest BCUT2D eigenvalue weighted by Crippen LogP contribution is 2.33. The standard InChI is InChI=1S/C19H21N3O4S/c1-3-13-6-4-5-7-16(13)21-18(23)11-20-27(25,26)14-8-9-17-15(10-14)12(2)19(24)22-17/h4-10,12,20H,3,11H2,1-2H3,(H,21,23)(H,22,24)/t12-/m0/s1. The summed E-state index contributed by atoms with van der Waals surface area (Å²) in [6.45, 7) is 3.30. The number of fused-ring (bicyclic) bond motifs is 1. The summed E-state index contributed by atoms with van der Waals surface area (Å²) in [6.07, 6.45) is 0.752. The van der Waals surface area contributed by atoms with Crippen molar-refractivity contribution in [3.05, 3.63) is 53.6 Å². The van der Waals surface area contributed by atoms with E-state index in [9.17, 15) is 18.0 Å². The van der Waals surface area contributed by atoms with Gasteiger partial charge in [0.25, 0.3) is 0 Å². The van der Waals surface area contributed by atoms with E-state index in [4.69, 9.17) is 0 Å². The van der Waals surface area contributed by atoms with Crippen LogP contribution in [0.25, 0.3) is 0 Å². The summed E-state index contributed by atoms with van der Waals surface area (Å²) in [5.74, 6) is -1.03. The lowest BCUT2D eigenvalue weighted by atomic mass is 10.0. The van der Waals surface area contributed by atoms with Gasteiger partial charge in [-0.3, -0.25) is 9.59 Å². The summed E-state index contributed by atoms with van der Waals surface area (Å²) >= 11 is 0. The van der Waals surface area contributed by atoms with Gasteiger partial charge in [0.15, 0.2) is 0 Å². The van der Waals surface area contributed by atoms with E-state index >= 15 is 0 Å². The summed E-state index contributed by atoms with van der Waals surface area (Å²) in [7, 11) is -3.88. The monoisotopic (exact) mass is 387 g/mol. The van der Waals surface area contributed by atoms with Crippen LogP contribution in [0.5, 0.6) is 0 Å². The maximum absolute atomic E-state index is 12.5. The highest BCUT2D eigenvalue weighted by atomic mass is 32.2. The fourth-order valence-electron chi connectivity index (χ4n) is 2.95. The van der Waals surface area contributed by atoms with Gasteiger partial charge in [-0.05, 0) is 48.7 Å². The normalized spacial score (nSPS) is 15.9. The molecule has 3 rings (SSSR count). The molecule has 1 aliphatic heterocycles. The Bertz CT molecular complexity index is 1000. The van der Waals surface area contributed by atoms with Gasteiger partial charge in [-0.15, -0.1) is 0 Å². The Morgan fingerprint density at radius 2 is 1.93 bits per heavy atom. The zero-order valence-electron chi connectivity index (χ0n) is 15.1. The Morgan fingerprint density at radius 1 is 1.19 bits per heavy atom. The molecule has 0 radical (unpaired) electrons. The van der Waals surface area contributed by atoms with Crippen LogP contribution in [0.2, 0.25) is 0 Å². The van der Waals surface area contributed by atoms with Crippen molar-refractivity contribution in [1.29, 1.82) is 0 Å². The Morgan fingerprint density at radius 3 is 2.67 bits per heavy atom. The largest absolute Gasteiger partial charge is 0.325 e. The first-order valence-electron chi connectivity index (χ1n) is 8.64. The van der Waals surface area contributed by atoms with Crippen molar-refractivity contribution in [1.82, 2.24) is 4.72 Å². The smallest absolute Gasteiger partial charge is 0.241 e. The highest BCUT2D eigenvalue weighted by Gasteiger charge is 2.28. The van der Waals surface area contributed by atoms with Crippen molar-refractivity contribution in [2.24, 2.45) is 0 Å². The van der Waals surface area contributed by atoms with E-state index < -0.39 is 21.8 Å². The van der Waals surface area contributed by atoms with Crippen molar-refractivity contribution in [2.75, 3.05) is 17.2 Å². The van der Waals surface area contributed by atoms with Crippen LogP contribution < -0.4 is 15.4 Å². The van der Waals surface area contributed by atoms with E-state index in [0.29, 0.717) is 16.9 Å². The molecule has 0 unspecified atom stereocenters. The lowest BCUT2D eigenvalue weighted by molar-refractivity contribution is -0.117. The molecule has 2 aromatic carbocycles. The molecule has 8 heteroatoms. The summed E-state index contributed by atoms with van der Waals surface area (Å²) in [4.78, 5) is 23.9. The molecule has 0 saturated heterocycles. The van der Waals surface area contributed by atoms with E-state index in [2.05, 4.69) is 15.4 Å². The van der Waals surface area contributed by atoms with Crippen molar-refractivity contribution in [2.45, 2.75) is 31.1 Å². The molecule has 142 valence electrons. The van der Waals surface area contributed by atoms with E-state index in [0.717, 1.165) is 12.0 Å². The first-order valence-corrected chi connectivity index (χ1v) is 10.1. The fraction of sp³-hybridized carbons (Fsp3) is 0.263. The Hall–Kier alpha value is -2.71. The van der Waals surface area contributed by atoms with Gasteiger partial charge in [0.1, 0.15) is 0 Å². The number of carbonyl (C=O) groups is 2. The van der Waals surface area contributed by atoms with E-state index in [1.54, 1.807) is 25.1 Å². The van der Waals surface area contributed by atoms with E-state index in [1.165, 1.54) is 12.1 Å². The third-order valence-electron chi connectivity index (χ3n) is 4.55. The minimum absolute atomic E-state index is 0.0198. The van der Waals surface area contributed by atoms with Gasteiger partial charge in [-0.2, -0.15) is 0 Å². The molecule has 0 spiro atoms. The molecule has 2 aromatic rings. The third kappa shape index (κ3) is 4.01. The highest BCUT2D eigenvalue weighted by molar-refractivity contribution is 7.89. The summed E-state index contributed by atoms with van der Waals surface area (Å²) < 4.78 is 27.3. The third-order valence-corrected chi connectivity index (χ3v) is 5.95. The molecule has 1 atom stereocenters. The number of hydrogen-bond donors (Lipinski definition) is 3. The quantitative estimate of drug-likeness (QED) is 0.707. The maximum Gasteiger partial charge on any atom is 0.241 e. The number of para-hydroxylation sites is 1. The maximum atomic E-state index is 12.5. The summed E-state index contributed by atoms with van der Waals surface area (Å²) in [6, 6.07) is 11.8. The molecular weight excluding hydrogens is 366 g/mol. The van der Waals surface area contributed by atoms with Crippen LogP contribution in [0, 0.1) is 0 Å². The summed E-state index contributed by atoms with van der Waals surface area (Å²) in [5.41, 5.74) is 2.88. The molecule has 0 aromatic heterocycles. The molecule has 7 nitrogen and oxygen atoms in total. The van der Waals surface area contributed by atoms with Gasteiger partial charge < -0.3 is 10.6 Å². The Kier molecular flexibility index (Phi) is 5.29. The number of amides is 2. The molecule has 0 bridgehead atoms. The van der Waals surface area contributed by atoms with Crippen LogP contribution in [0.4, 0.5) is 11.4 Å². The zero-order chi connectivity index (χ0) is 19.6. The second-order valence-electron chi connectivity index (χ2n) is 6.34. The number of anilines is 2. The van der Waals surface area contributed by atoms with Gasteiger partial charge in [-0.25, -0.2) is 13.1 Å². The molecule has 3 N–H and O–H groups in total. The van der Waals surface area contributed by atoms with Gasteiger partial charge in [-0.1, -0.05) is 25.1 Å². The molecule has 27 heavy (non-hydrogen) atoms. The predicted molar refractivity (Wildman–Crippen MR) is 103 cm³/mol. The van der Waals surface area contributed by atoms with Crippen LogP contribution in [-0.2, 0) is 26.0 Å². The Balaban J connectivity index is 1.69. The number of sulfonamides is 1. The van der Waals surface area contributed by atoms with Crippen LogP contribution >= 0.6 is 0 Å². The number of aryl methyl sites for hydroxylation is 1. The van der Waals surface area contributed by atoms with Crippen LogP contribution in [0.15, 0.2) is 47.4 Å². The topological polar surface area (TPSA) is 104 Å². The number of nitrogens with one attached hydrogen (secondary N) is 3. The van der Waals surface area contributed by atoms with Crippen molar-refractivity contribution >= 4 is 33.2 Å². The van der Waals surface area contributed by atoms with Crippen molar-refractivity contribution in [3.8, 4) is 0 Å². The molecule has 0 fully saturated rings. The van der Waals surface area contributed by atoms with E-state index in [1.807, 2.05) is 19.1 Å². The molecule has 1 aliphatic rings. The number of rotatable bonds is 6. The lowest BCUT2D eigenvalue weighted by Gasteiger charge is -2.11. The predicted octanol–water partition coefficient (Wildman–Crippen LogP) is 2.22. The van der Waals surface area contributed by atoms with Crippen molar-refractivity contribution < 1.29 is 18.0 Å². The molecule has 0 aliphatic carbocycles. The first-order chi connectivity index (χ1) is 12.8. The van der Waals surface area contributed by atoms with Gasteiger partial charge in [0, 0.05) is 11.4 Å². The minimum atomic E-state index is -3.88. The molecule has 2 amide bonds. The fourth-order valence-corrected chi connectivity index (χ4v) is 3.97. The second kappa shape index (κ2) is 7.50. The van der Waals surface area contributed by atoms with Gasteiger partial charge in [0.05, 0.1) is 17.4 Å². The second-order valence-corrected chi connectivity index (χ2v) is 8.11.